The third kappa shape index (κ3) is 3.24. The highest BCUT2D eigenvalue weighted by atomic mass is 32.3. The SMILES string of the molecule is O=C(O)[C@H](Cc1ccccc1)N1CC(O)NS1(O)O. The van der Waals surface area contributed by atoms with Gasteiger partial charge in [0.2, 0.25) is 0 Å². The summed E-state index contributed by atoms with van der Waals surface area (Å²) in [6, 6.07) is 7.79. The Labute approximate surface area is 112 Å². The van der Waals surface area contributed by atoms with Crippen molar-refractivity contribution in [1.82, 2.24) is 9.03 Å². The van der Waals surface area contributed by atoms with E-state index in [0.717, 1.165) is 9.87 Å². The molecule has 106 valence electrons. The second kappa shape index (κ2) is 5.45. The maximum Gasteiger partial charge on any atom is 0.323 e. The lowest BCUT2D eigenvalue weighted by atomic mass is 10.1. The van der Waals surface area contributed by atoms with Crippen LogP contribution < -0.4 is 4.72 Å². The molecule has 1 aliphatic rings. The molecule has 5 N–H and O–H groups in total. The molecule has 0 aromatic heterocycles. The van der Waals surface area contributed by atoms with E-state index in [-0.39, 0.29) is 13.0 Å². The molecular weight excluding hydrogens is 272 g/mol. The molecule has 7 nitrogen and oxygen atoms in total. The molecule has 0 bridgehead atoms. The molecule has 0 aliphatic carbocycles. The van der Waals surface area contributed by atoms with Crippen molar-refractivity contribution < 1.29 is 24.1 Å². The fourth-order valence-corrected chi connectivity index (χ4v) is 3.46. The molecule has 1 unspecified atom stereocenters. The number of hydrogen-bond acceptors (Lipinski definition) is 6. The Morgan fingerprint density at radius 2 is 2.05 bits per heavy atom. The summed E-state index contributed by atoms with van der Waals surface area (Å²) < 4.78 is 22.7. The smallest absolute Gasteiger partial charge is 0.323 e. The van der Waals surface area contributed by atoms with E-state index in [2.05, 4.69) is 4.72 Å². The van der Waals surface area contributed by atoms with Gasteiger partial charge in [-0.25, -0.2) is 0 Å². The first-order chi connectivity index (χ1) is 8.90. The largest absolute Gasteiger partial charge is 0.480 e. The van der Waals surface area contributed by atoms with Crippen LogP contribution in [0, 0.1) is 0 Å². The first kappa shape index (κ1) is 14.3. The fourth-order valence-electron chi connectivity index (χ4n) is 2.02. The van der Waals surface area contributed by atoms with Crippen molar-refractivity contribution in [2.24, 2.45) is 0 Å². The minimum atomic E-state index is -3.45. The van der Waals surface area contributed by atoms with Crippen molar-refractivity contribution in [3.63, 3.8) is 0 Å². The van der Waals surface area contributed by atoms with Gasteiger partial charge in [-0.15, -0.1) is 0 Å². The first-order valence-electron chi connectivity index (χ1n) is 5.67. The van der Waals surface area contributed by atoms with E-state index >= 15 is 0 Å². The summed E-state index contributed by atoms with van der Waals surface area (Å²) in [5, 5.41) is 18.6. The number of hydrogen-bond donors (Lipinski definition) is 5. The molecule has 1 saturated heterocycles. The Morgan fingerprint density at radius 1 is 1.42 bits per heavy atom. The maximum absolute atomic E-state index is 11.3. The standard InChI is InChI=1S/C11H16N2O5S/c14-10-7-13(19(17,18)12-10)9(11(15)16)6-8-4-2-1-3-5-8/h1-5,9-10,12,14,17-18H,6-7H2,(H,15,16)/t9-,10?/m0/s1. The van der Waals surface area contributed by atoms with Gasteiger partial charge < -0.3 is 10.2 Å². The summed E-state index contributed by atoms with van der Waals surface area (Å²) in [6.45, 7) is -0.147. The second-order valence-electron chi connectivity index (χ2n) is 4.30. The number of aliphatic carboxylic acids is 1. The lowest BCUT2D eigenvalue weighted by molar-refractivity contribution is -0.141. The second-order valence-corrected chi connectivity index (χ2v) is 6.04. The molecule has 2 rings (SSSR count). The van der Waals surface area contributed by atoms with Crippen LogP contribution in [0.15, 0.2) is 30.3 Å². The number of carbonyl (C=O) groups is 1. The summed E-state index contributed by atoms with van der Waals surface area (Å²) in [5.41, 5.74) is 0.770. The lowest BCUT2D eigenvalue weighted by Crippen LogP contribution is -2.42. The number of carboxylic acids is 1. The third-order valence-electron chi connectivity index (χ3n) is 2.88. The van der Waals surface area contributed by atoms with Gasteiger partial charge in [0.05, 0.1) is 6.54 Å². The molecule has 0 saturated carbocycles. The molecule has 2 atom stereocenters. The number of carboxylic acid groups (broad SMARTS) is 1. The van der Waals surface area contributed by atoms with Crippen molar-refractivity contribution in [2.75, 3.05) is 6.54 Å². The van der Waals surface area contributed by atoms with Crippen molar-refractivity contribution in [2.45, 2.75) is 18.7 Å². The number of β-amino-alcohol motifs (C(OH)–C–C–N with tert-alkyl or cyclic N) is 1. The van der Waals surface area contributed by atoms with E-state index in [1.54, 1.807) is 24.3 Å². The van der Waals surface area contributed by atoms with Gasteiger partial charge in [0.1, 0.15) is 12.3 Å². The highest BCUT2D eigenvalue weighted by Gasteiger charge is 2.42. The van der Waals surface area contributed by atoms with Crippen molar-refractivity contribution in [3.05, 3.63) is 35.9 Å². The number of benzene rings is 1. The molecule has 0 radical (unpaired) electrons. The lowest BCUT2D eigenvalue weighted by Gasteiger charge is -2.38. The highest BCUT2D eigenvalue weighted by Crippen LogP contribution is 2.45. The van der Waals surface area contributed by atoms with E-state index in [9.17, 15) is 24.1 Å². The van der Waals surface area contributed by atoms with Crippen LogP contribution in [0.25, 0.3) is 0 Å². The number of aliphatic hydroxyl groups is 1. The van der Waals surface area contributed by atoms with Gasteiger partial charge in [-0.05, 0) is 5.56 Å². The molecule has 1 heterocycles. The van der Waals surface area contributed by atoms with Crippen molar-refractivity contribution in [3.8, 4) is 0 Å². The average Bonchev–Trinajstić information content (AvgIpc) is 2.60. The van der Waals surface area contributed by atoms with Gasteiger partial charge in [-0.2, -0.15) is 9.03 Å². The van der Waals surface area contributed by atoms with E-state index < -0.39 is 29.2 Å². The summed E-state index contributed by atoms with van der Waals surface area (Å²) in [7, 11) is -3.45. The molecule has 1 aromatic carbocycles. The predicted octanol–water partition coefficient (Wildman–Crippen LogP) is 0.487. The van der Waals surface area contributed by atoms with Gasteiger partial charge in [0.25, 0.3) is 0 Å². The Bertz CT molecular complexity index is 456. The Kier molecular flexibility index (Phi) is 4.09. The quantitative estimate of drug-likeness (QED) is 0.548. The fraction of sp³-hybridized carbons (Fsp3) is 0.364. The van der Waals surface area contributed by atoms with Gasteiger partial charge in [0.15, 0.2) is 0 Å². The third-order valence-corrected chi connectivity index (χ3v) is 4.52. The number of aliphatic hydroxyl groups excluding tert-OH is 1. The molecule has 1 fully saturated rings. The van der Waals surface area contributed by atoms with Crippen LogP contribution >= 0.6 is 11.0 Å². The van der Waals surface area contributed by atoms with Gasteiger partial charge in [-0.3, -0.25) is 13.9 Å². The first-order valence-corrected chi connectivity index (χ1v) is 7.17. The average molecular weight is 288 g/mol. The normalized spacial score (nSPS) is 25.9. The minimum absolute atomic E-state index is 0.125. The number of nitrogens with one attached hydrogen (secondary N) is 1. The topological polar surface area (TPSA) is 113 Å². The van der Waals surface area contributed by atoms with Crippen LogP contribution in [0.3, 0.4) is 0 Å². The highest BCUT2D eigenvalue weighted by molar-refractivity contribution is 8.20. The van der Waals surface area contributed by atoms with Crippen LogP contribution in [-0.4, -0.2) is 48.4 Å². The molecular formula is C11H16N2O5S. The van der Waals surface area contributed by atoms with Crippen LogP contribution in [0.1, 0.15) is 5.56 Å². The zero-order chi connectivity index (χ0) is 14.0. The molecule has 8 heteroatoms. The van der Waals surface area contributed by atoms with Crippen LogP contribution in [0.5, 0.6) is 0 Å². The molecule has 0 amide bonds. The zero-order valence-electron chi connectivity index (χ0n) is 10.0. The van der Waals surface area contributed by atoms with Crippen LogP contribution in [0.2, 0.25) is 0 Å². The zero-order valence-corrected chi connectivity index (χ0v) is 10.8. The van der Waals surface area contributed by atoms with Crippen LogP contribution in [0.4, 0.5) is 0 Å². The predicted molar refractivity (Wildman–Crippen MR) is 70.3 cm³/mol. The van der Waals surface area contributed by atoms with Gasteiger partial charge >= 0.3 is 5.97 Å². The molecule has 0 spiro atoms. The number of nitrogens with zero attached hydrogens (tertiary/aromatic N) is 1. The van der Waals surface area contributed by atoms with Crippen molar-refractivity contribution in [1.29, 1.82) is 0 Å². The van der Waals surface area contributed by atoms with E-state index in [4.69, 9.17) is 0 Å². The summed E-state index contributed by atoms with van der Waals surface area (Å²) in [4.78, 5) is 11.3. The monoisotopic (exact) mass is 288 g/mol. The van der Waals surface area contributed by atoms with Gasteiger partial charge in [0, 0.05) is 6.42 Å². The van der Waals surface area contributed by atoms with E-state index in [1.807, 2.05) is 6.07 Å². The maximum atomic E-state index is 11.3. The summed E-state index contributed by atoms with van der Waals surface area (Å²) >= 11 is 0. The molecule has 1 aromatic rings. The van der Waals surface area contributed by atoms with E-state index in [1.165, 1.54) is 0 Å². The Morgan fingerprint density at radius 3 is 2.53 bits per heavy atom. The van der Waals surface area contributed by atoms with E-state index in [0.29, 0.717) is 0 Å². The van der Waals surface area contributed by atoms with Gasteiger partial charge in [-0.1, -0.05) is 41.3 Å². The Balaban J connectivity index is 2.19. The molecule has 1 aliphatic heterocycles. The Hall–Kier alpha value is -1.16. The minimum Gasteiger partial charge on any atom is -0.480 e. The van der Waals surface area contributed by atoms with Crippen molar-refractivity contribution >= 4 is 16.9 Å². The molecule has 19 heavy (non-hydrogen) atoms. The van der Waals surface area contributed by atoms with Crippen LogP contribution in [-0.2, 0) is 11.2 Å². The summed E-state index contributed by atoms with van der Waals surface area (Å²) in [6.07, 6.45) is -1.02. The summed E-state index contributed by atoms with van der Waals surface area (Å²) in [5.74, 6) is -1.17. The number of rotatable bonds is 4.